The summed E-state index contributed by atoms with van der Waals surface area (Å²) in [7, 11) is 0. The Morgan fingerprint density at radius 1 is 0.923 bits per heavy atom. The first kappa shape index (κ1) is 37.9. The lowest BCUT2D eigenvalue weighted by Gasteiger charge is -2.37. The largest absolute Gasteiger partial charge is 0.508 e. The molecule has 0 saturated carbocycles. The first-order valence-corrected chi connectivity index (χ1v) is 17.6. The molecule has 4 aromatic rings. The zero-order valence-electron chi connectivity index (χ0n) is 29.6. The van der Waals surface area contributed by atoms with Crippen molar-refractivity contribution in [3.63, 3.8) is 0 Å². The van der Waals surface area contributed by atoms with Crippen LogP contribution in [0.4, 0.5) is 0 Å². The van der Waals surface area contributed by atoms with E-state index in [-0.39, 0.29) is 37.5 Å². The molecular formula is C40H46N2O10. The van der Waals surface area contributed by atoms with Crippen molar-refractivity contribution in [2.24, 2.45) is 5.92 Å². The minimum Gasteiger partial charge on any atom is -0.508 e. The second-order valence-electron chi connectivity index (χ2n) is 11.9. The quantitative estimate of drug-likeness (QED) is 0.0611. The Bertz CT molecular complexity index is 1740. The molecule has 12 heteroatoms. The van der Waals surface area contributed by atoms with Crippen LogP contribution in [0, 0.1) is 5.92 Å². The summed E-state index contributed by atoms with van der Waals surface area (Å²) in [5.41, 5.74) is 1.80. The minimum absolute atomic E-state index is 0.0675. The number of para-hydroxylation sites is 1. The fraction of sp³-hybridized carbons (Fsp3) is 0.375. The highest BCUT2D eigenvalue weighted by Crippen LogP contribution is 2.43. The van der Waals surface area contributed by atoms with Gasteiger partial charge in [0.25, 0.3) is 0 Å². The Labute approximate surface area is 303 Å². The van der Waals surface area contributed by atoms with E-state index < -0.39 is 18.4 Å². The number of rotatable bonds is 19. The summed E-state index contributed by atoms with van der Waals surface area (Å²) in [5, 5.41) is 10.7. The summed E-state index contributed by atoms with van der Waals surface area (Å²) in [6.07, 6.45) is 9.66. The van der Waals surface area contributed by atoms with E-state index in [2.05, 4.69) is 4.98 Å². The first-order chi connectivity index (χ1) is 25.4. The van der Waals surface area contributed by atoms with Gasteiger partial charge in [-0.1, -0.05) is 42.5 Å². The van der Waals surface area contributed by atoms with Crippen molar-refractivity contribution in [3.8, 4) is 23.0 Å². The molecule has 1 fully saturated rings. The van der Waals surface area contributed by atoms with Crippen LogP contribution in [-0.4, -0.2) is 66.2 Å². The molecule has 3 atom stereocenters. The predicted molar refractivity (Wildman–Crippen MR) is 191 cm³/mol. The molecular weight excluding hydrogens is 668 g/mol. The van der Waals surface area contributed by atoms with Crippen LogP contribution in [0.2, 0.25) is 0 Å². The van der Waals surface area contributed by atoms with Crippen LogP contribution < -0.4 is 14.2 Å². The minimum atomic E-state index is -0.693. The fourth-order valence-corrected chi connectivity index (χ4v) is 5.65. The summed E-state index contributed by atoms with van der Waals surface area (Å²) in [6, 6.07) is 19.6. The van der Waals surface area contributed by atoms with Crippen LogP contribution in [0.15, 0.2) is 97.6 Å². The highest BCUT2D eigenvalue weighted by atomic mass is 16.7. The number of phenolic OH excluding ortho intramolecular Hbond substituents is 1. The van der Waals surface area contributed by atoms with E-state index in [1.54, 1.807) is 56.7 Å². The SMILES string of the molecule is CCOC(=O)CC/C=C\C[C@@H]1CO[C@H](c2cccc(OCCOc3cc(C(=O)OCC)ccc3OCCn3ccnc3)c2)O[C@@H]1c1ccccc1O. The average molecular weight is 715 g/mol. The number of aromatic nitrogens is 2. The monoisotopic (exact) mass is 714 g/mol. The second-order valence-corrected chi connectivity index (χ2v) is 11.9. The number of imidazole rings is 1. The summed E-state index contributed by atoms with van der Waals surface area (Å²) >= 11 is 0. The fourth-order valence-electron chi connectivity index (χ4n) is 5.65. The van der Waals surface area contributed by atoms with Gasteiger partial charge in [0, 0.05) is 35.9 Å². The van der Waals surface area contributed by atoms with Gasteiger partial charge in [-0.3, -0.25) is 4.79 Å². The zero-order valence-corrected chi connectivity index (χ0v) is 29.6. The number of nitrogens with zero attached hydrogens (tertiary/aromatic N) is 2. The van der Waals surface area contributed by atoms with E-state index in [1.165, 1.54) is 0 Å². The molecule has 3 aromatic carbocycles. The van der Waals surface area contributed by atoms with Crippen molar-refractivity contribution in [2.45, 2.75) is 52.0 Å². The molecule has 1 aliphatic rings. The maximum Gasteiger partial charge on any atom is 0.338 e. The summed E-state index contributed by atoms with van der Waals surface area (Å²) in [5.74, 6) is 0.903. The second kappa shape index (κ2) is 19.9. The third-order valence-corrected chi connectivity index (χ3v) is 8.19. The average Bonchev–Trinajstić information content (AvgIpc) is 3.68. The maximum atomic E-state index is 12.4. The summed E-state index contributed by atoms with van der Waals surface area (Å²) in [4.78, 5) is 28.1. The molecule has 2 heterocycles. The Balaban J connectivity index is 1.19. The molecule has 5 rings (SSSR count). The molecule has 1 aromatic heterocycles. The number of aromatic hydroxyl groups is 1. The molecule has 52 heavy (non-hydrogen) atoms. The molecule has 0 aliphatic carbocycles. The highest BCUT2D eigenvalue weighted by molar-refractivity contribution is 5.90. The van der Waals surface area contributed by atoms with Gasteiger partial charge >= 0.3 is 11.9 Å². The number of carbonyl (C=O) groups excluding carboxylic acids is 2. The number of allylic oxidation sites excluding steroid dienone is 2. The standard InChI is InChI=1S/C40H46N2O10/c1-3-46-37(44)16-7-5-6-11-31-27-51-40(52-38(31)33-14-8-9-15-34(33)43)30-12-10-13-32(25-30)48-23-24-50-36-26-29(39(45)47-4-2)17-18-35(36)49-22-21-42-20-19-41-28-42/h5-6,8-10,12-15,17-20,25-26,28,31,38,40,43H,3-4,7,11,16,21-24,27H2,1-2H3/b6-5-/t31-,38+,40+/m1/s1. The van der Waals surface area contributed by atoms with E-state index >= 15 is 0 Å². The third kappa shape index (κ3) is 11.1. The molecule has 1 N–H and O–H groups in total. The molecule has 276 valence electrons. The van der Waals surface area contributed by atoms with Crippen molar-refractivity contribution in [1.29, 1.82) is 0 Å². The topological polar surface area (TPSA) is 137 Å². The van der Waals surface area contributed by atoms with Crippen molar-refractivity contribution < 1.29 is 47.9 Å². The van der Waals surface area contributed by atoms with Crippen LogP contribution in [0.1, 0.15) is 67.0 Å². The number of carbonyl (C=O) groups is 2. The zero-order chi connectivity index (χ0) is 36.5. The highest BCUT2D eigenvalue weighted by Gasteiger charge is 2.34. The third-order valence-electron chi connectivity index (χ3n) is 8.19. The Morgan fingerprint density at radius 2 is 1.75 bits per heavy atom. The predicted octanol–water partition coefficient (Wildman–Crippen LogP) is 6.99. The van der Waals surface area contributed by atoms with Crippen molar-refractivity contribution in [1.82, 2.24) is 9.55 Å². The number of hydrogen-bond donors (Lipinski definition) is 1. The van der Waals surface area contributed by atoms with Crippen LogP contribution >= 0.6 is 0 Å². The van der Waals surface area contributed by atoms with Crippen LogP contribution in [-0.2, 0) is 30.3 Å². The summed E-state index contributed by atoms with van der Waals surface area (Å²) < 4.78 is 42.8. The maximum absolute atomic E-state index is 12.4. The van der Waals surface area contributed by atoms with Gasteiger partial charge in [0.1, 0.15) is 31.3 Å². The lowest BCUT2D eigenvalue weighted by atomic mass is 9.91. The van der Waals surface area contributed by atoms with E-state index in [0.717, 1.165) is 5.56 Å². The lowest BCUT2D eigenvalue weighted by molar-refractivity contribution is -0.244. The van der Waals surface area contributed by atoms with E-state index in [0.29, 0.717) is 74.0 Å². The number of esters is 2. The Kier molecular flexibility index (Phi) is 14.5. The number of phenols is 1. The van der Waals surface area contributed by atoms with Gasteiger partial charge in [-0.05, 0) is 63.1 Å². The van der Waals surface area contributed by atoms with E-state index in [1.807, 2.05) is 59.3 Å². The summed E-state index contributed by atoms with van der Waals surface area (Å²) in [6.45, 7) is 5.91. The van der Waals surface area contributed by atoms with Crippen molar-refractivity contribution in [3.05, 3.63) is 114 Å². The molecule has 0 bridgehead atoms. The number of hydrogen-bond acceptors (Lipinski definition) is 11. The van der Waals surface area contributed by atoms with Crippen molar-refractivity contribution >= 4 is 11.9 Å². The molecule has 1 saturated heterocycles. The van der Waals surface area contributed by atoms with Gasteiger partial charge in [-0.25, -0.2) is 9.78 Å². The lowest BCUT2D eigenvalue weighted by Crippen LogP contribution is -2.30. The van der Waals surface area contributed by atoms with Gasteiger partial charge < -0.3 is 42.8 Å². The smallest absolute Gasteiger partial charge is 0.338 e. The Morgan fingerprint density at radius 3 is 2.56 bits per heavy atom. The van der Waals surface area contributed by atoms with Gasteiger partial charge in [0.05, 0.1) is 44.4 Å². The number of benzene rings is 3. The number of ether oxygens (including phenoxy) is 7. The van der Waals surface area contributed by atoms with Crippen molar-refractivity contribution in [2.75, 3.05) is 39.6 Å². The molecule has 0 radical (unpaired) electrons. The normalized spacial score (nSPS) is 17.1. The molecule has 0 unspecified atom stereocenters. The van der Waals surface area contributed by atoms with Gasteiger partial charge in [-0.15, -0.1) is 0 Å². The molecule has 12 nitrogen and oxygen atoms in total. The molecule has 0 spiro atoms. The van der Waals surface area contributed by atoms with Crippen LogP contribution in [0.25, 0.3) is 0 Å². The van der Waals surface area contributed by atoms with Gasteiger partial charge in [0.15, 0.2) is 17.8 Å². The van der Waals surface area contributed by atoms with Crippen LogP contribution in [0.5, 0.6) is 23.0 Å². The Hall–Kier alpha value is -5.33. The van der Waals surface area contributed by atoms with E-state index in [4.69, 9.17) is 33.2 Å². The van der Waals surface area contributed by atoms with Gasteiger partial charge in [-0.2, -0.15) is 0 Å². The van der Waals surface area contributed by atoms with Gasteiger partial charge in [0.2, 0.25) is 0 Å². The van der Waals surface area contributed by atoms with E-state index in [9.17, 15) is 14.7 Å². The van der Waals surface area contributed by atoms with Crippen LogP contribution in [0.3, 0.4) is 0 Å². The first-order valence-electron chi connectivity index (χ1n) is 17.6. The molecule has 0 amide bonds. The molecule has 1 aliphatic heterocycles.